The molecule has 0 aliphatic carbocycles. The van der Waals surface area contributed by atoms with Gasteiger partial charge in [0.25, 0.3) is 5.56 Å². The Morgan fingerprint density at radius 3 is 2.90 bits per heavy atom. The van der Waals surface area contributed by atoms with Crippen molar-refractivity contribution in [2.75, 3.05) is 13.2 Å². The van der Waals surface area contributed by atoms with Gasteiger partial charge in [-0.15, -0.1) is 0 Å². The van der Waals surface area contributed by atoms with Crippen molar-refractivity contribution >= 4 is 17.5 Å². The summed E-state index contributed by atoms with van der Waals surface area (Å²) >= 11 is 5.75. The summed E-state index contributed by atoms with van der Waals surface area (Å²) in [6, 6.07) is 1.35. The molecule has 0 bridgehead atoms. The third kappa shape index (κ3) is 3.80. The molecular formula is C13H18ClN3O3. The van der Waals surface area contributed by atoms with E-state index in [1.54, 1.807) is 0 Å². The maximum atomic E-state index is 12.0. The van der Waals surface area contributed by atoms with Crippen molar-refractivity contribution in [2.24, 2.45) is 0 Å². The molecule has 6 nitrogen and oxygen atoms in total. The van der Waals surface area contributed by atoms with E-state index in [1.807, 2.05) is 6.92 Å². The molecule has 1 aromatic rings. The van der Waals surface area contributed by atoms with E-state index in [4.69, 9.17) is 16.3 Å². The van der Waals surface area contributed by atoms with Gasteiger partial charge in [-0.3, -0.25) is 14.2 Å². The van der Waals surface area contributed by atoms with Gasteiger partial charge in [-0.1, -0.05) is 18.5 Å². The number of nitrogens with zero attached hydrogens (tertiary/aromatic N) is 2. The maximum absolute atomic E-state index is 12.0. The Morgan fingerprint density at radius 2 is 2.25 bits per heavy atom. The summed E-state index contributed by atoms with van der Waals surface area (Å²) in [5.74, 6) is 0.336. The first-order valence-corrected chi connectivity index (χ1v) is 7.11. The highest BCUT2D eigenvalue weighted by Gasteiger charge is 2.17. The SMILES string of the molecule is CCc1nc(Cl)cc(=O)n1CC(=O)NC1CCOCC1. The van der Waals surface area contributed by atoms with E-state index in [2.05, 4.69) is 10.3 Å². The Kier molecular flexibility index (Phi) is 5.14. The molecule has 0 unspecified atom stereocenters. The number of hydrogen-bond donors (Lipinski definition) is 1. The number of carbonyl (C=O) groups excluding carboxylic acids is 1. The Hall–Kier alpha value is -1.40. The predicted molar refractivity (Wildman–Crippen MR) is 74.9 cm³/mol. The van der Waals surface area contributed by atoms with Gasteiger partial charge >= 0.3 is 0 Å². The fraction of sp³-hybridized carbons (Fsp3) is 0.615. The lowest BCUT2D eigenvalue weighted by molar-refractivity contribution is -0.123. The Morgan fingerprint density at radius 1 is 1.55 bits per heavy atom. The van der Waals surface area contributed by atoms with Gasteiger partial charge in [0.05, 0.1) is 0 Å². The second kappa shape index (κ2) is 6.85. The average Bonchev–Trinajstić information content (AvgIpc) is 2.42. The van der Waals surface area contributed by atoms with Gasteiger partial charge in [0, 0.05) is 31.7 Å². The first kappa shape index (κ1) is 15.0. The minimum absolute atomic E-state index is 0.0243. The molecule has 0 radical (unpaired) electrons. The number of aryl methyl sites for hydroxylation is 1. The minimum atomic E-state index is -0.302. The van der Waals surface area contributed by atoms with Crippen LogP contribution in [-0.2, 0) is 22.5 Å². The van der Waals surface area contributed by atoms with Crippen molar-refractivity contribution < 1.29 is 9.53 Å². The van der Waals surface area contributed by atoms with Gasteiger partial charge in [0.1, 0.15) is 17.5 Å². The van der Waals surface area contributed by atoms with Crippen LogP contribution in [0.2, 0.25) is 5.15 Å². The van der Waals surface area contributed by atoms with E-state index in [0.717, 1.165) is 12.8 Å². The molecule has 1 aromatic heterocycles. The summed E-state index contributed by atoms with van der Waals surface area (Å²) in [4.78, 5) is 28.0. The molecule has 2 rings (SSSR count). The third-order valence-electron chi connectivity index (χ3n) is 3.26. The van der Waals surface area contributed by atoms with E-state index in [-0.39, 0.29) is 29.2 Å². The Bertz CT molecular complexity index is 538. The van der Waals surface area contributed by atoms with Gasteiger partial charge in [0.2, 0.25) is 5.91 Å². The van der Waals surface area contributed by atoms with E-state index >= 15 is 0 Å². The number of ether oxygens (including phenoxy) is 1. The van der Waals surface area contributed by atoms with Crippen molar-refractivity contribution in [2.45, 2.75) is 38.8 Å². The zero-order chi connectivity index (χ0) is 14.5. The van der Waals surface area contributed by atoms with E-state index in [0.29, 0.717) is 25.5 Å². The molecular weight excluding hydrogens is 282 g/mol. The van der Waals surface area contributed by atoms with Crippen LogP contribution in [-0.4, -0.2) is 34.7 Å². The standard InChI is InChI=1S/C13H18ClN3O3/c1-2-11-16-10(14)7-13(19)17(11)8-12(18)15-9-3-5-20-6-4-9/h7,9H,2-6,8H2,1H3,(H,15,18). The number of carbonyl (C=O) groups is 1. The highest BCUT2D eigenvalue weighted by Crippen LogP contribution is 2.07. The smallest absolute Gasteiger partial charge is 0.255 e. The molecule has 20 heavy (non-hydrogen) atoms. The zero-order valence-corrected chi connectivity index (χ0v) is 12.2. The molecule has 1 N–H and O–H groups in total. The van der Waals surface area contributed by atoms with Crippen LogP contribution in [0.4, 0.5) is 0 Å². The predicted octanol–water partition coefficient (Wildman–Crippen LogP) is 0.754. The molecule has 1 saturated heterocycles. The topological polar surface area (TPSA) is 73.2 Å². The number of nitrogens with one attached hydrogen (secondary N) is 1. The van der Waals surface area contributed by atoms with Crippen molar-refractivity contribution in [3.8, 4) is 0 Å². The van der Waals surface area contributed by atoms with Gasteiger partial charge in [0.15, 0.2) is 0 Å². The van der Waals surface area contributed by atoms with E-state index in [1.165, 1.54) is 10.6 Å². The average molecular weight is 300 g/mol. The van der Waals surface area contributed by atoms with Crippen LogP contribution < -0.4 is 10.9 Å². The van der Waals surface area contributed by atoms with Crippen molar-refractivity contribution in [1.29, 1.82) is 0 Å². The number of amides is 1. The highest BCUT2D eigenvalue weighted by molar-refractivity contribution is 6.29. The van der Waals surface area contributed by atoms with Crippen molar-refractivity contribution in [1.82, 2.24) is 14.9 Å². The summed E-state index contributed by atoms with van der Waals surface area (Å²) in [6.45, 7) is 3.16. The van der Waals surface area contributed by atoms with Crippen LogP contribution in [0.3, 0.4) is 0 Å². The molecule has 1 aliphatic heterocycles. The molecule has 0 spiro atoms. The number of aromatic nitrogens is 2. The van der Waals surface area contributed by atoms with Crippen LogP contribution >= 0.6 is 11.6 Å². The fourth-order valence-electron chi connectivity index (χ4n) is 2.22. The maximum Gasteiger partial charge on any atom is 0.255 e. The normalized spacial score (nSPS) is 16.1. The van der Waals surface area contributed by atoms with Gasteiger partial charge in [-0.2, -0.15) is 0 Å². The van der Waals surface area contributed by atoms with Gasteiger partial charge < -0.3 is 10.1 Å². The second-order valence-corrected chi connectivity index (χ2v) is 5.11. The summed E-state index contributed by atoms with van der Waals surface area (Å²) in [7, 11) is 0. The van der Waals surface area contributed by atoms with Crippen LogP contribution in [0.1, 0.15) is 25.6 Å². The van der Waals surface area contributed by atoms with Crippen molar-refractivity contribution in [3.05, 3.63) is 27.4 Å². The first-order chi connectivity index (χ1) is 9.60. The molecule has 2 heterocycles. The van der Waals surface area contributed by atoms with Gasteiger partial charge in [-0.05, 0) is 12.8 Å². The van der Waals surface area contributed by atoms with Crippen LogP contribution in [0.15, 0.2) is 10.9 Å². The lowest BCUT2D eigenvalue weighted by Gasteiger charge is -2.23. The van der Waals surface area contributed by atoms with E-state index < -0.39 is 0 Å². The summed E-state index contributed by atoms with van der Waals surface area (Å²) in [5.41, 5.74) is -0.302. The Balaban J connectivity index is 2.05. The molecule has 1 amide bonds. The first-order valence-electron chi connectivity index (χ1n) is 6.73. The number of hydrogen-bond acceptors (Lipinski definition) is 4. The molecule has 110 valence electrons. The van der Waals surface area contributed by atoms with Crippen LogP contribution in [0, 0.1) is 0 Å². The van der Waals surface area contributed by atoms with Crippen LogP contribution in [0.5, 0.6) is 0 Å². The lowest BCUT2D eigenvalue weighted by Crippen LogP contribution is -2.42. The quantitative estimate of drug-likeness (QED) is 0.833. The second-order valence-electron chi connectivity index (χ2n) is 4.73. The molecule has 7 heteroatoms. The summed E-state index contributed by atoms with van der Waals surface area (Å²) < 4.78 is 6.60. The number of halogens is 1. The minimum Gasteiger partial charge on any atom is -0.381 e. The lowest BCUT2D eigenvalue weighted by atomic mass is 10.1. The fourth-order valence-corrected chi connectivity index (χ4v) is 2.41. The van der Waals surface area contributed by atoms with Crippen molar-refractivity contribution in [3.63, 3.8) is 0 Å². The monoisotopic (exact) mass is 299 g/mol. The summed E-state index contributed by atoms with van der Waals surface area (Å²) in [6.07, 6.45) is 2.15. The Labute approximate surface area is 122 Å². The number of rotatable bonds is 4. The third-order valence-corrected chi connectivity index (χ3v) is 3.45. The highest BCUT2D eigenvalue weighted by atomic mass is 35.5. The summed E-state index contributed by atoms with van der Waals surface area (Å²) in [5, 5.41) is 3.08. The molecule has 0 saturated carbocycles. The van der Waals surface area contributed by atoms with Crippen LogP contribution in [0.25, 0.3) is 0 Å². The molecule has 0 aromatic carbocycles. The van der Waals surface area contributed by atoms with E-state index in [9.17, 15) is 9.59 Å². The van der Waals surface area contributed by atoms with Gasteiger partial charge in [-0.25, -0.2) is 4.98 Å². The largest absolute Gasteiger partial charge is 0.381 e. The molecule has 0 atom stereocenters. The molecule has 1 aliphatic rings. The zero-order valence-electron chi connectivity index (χ0n) is 11.4. The molecule has 1 fully saturated rings.